The highest BCUT2D eigenvalue weighted by atomic mass is 32.2. The molecule has 102 valence electrons. The maximum absolute atomic E-state index is 11.1. The second kappa shape index (κ2) is 8.20. The number of nitriles is 1. The number of hydrogen-bond acceptors (Lipinski definition) is 4. The predicted molar refractivity (Wildman–Crippen MR) is 76.3 cm³/mol. The van der Waals surface area contributed by atoms with E-state index >= 15 is 0 Å². The lowest BCUT2D eigenvalue weighted by Gasteiger charge is -2.28. The minimum atomic E-state index is -0.256. The lowest BCUT2D eigenvalue weighted by atomic mass is 9.92. The molecule has 0 aliphatic heterocycles. The summed E-state index contributed by atoms with van der Waals surface area (Å²) in [7, 11) is 1.38. The third-order valence-corrected chi connectivity index (χ3v) is 4.45. The van der Waals surface area contributed by atoms with Crippen molar-refractivity contribution in [1.82, 2.24) is 0 Å². The van der Waals surface area contributed by atoms with Gasteiger partial charge < -0.3 is 4.74 Å². The fourth-order valence-corrected chi connectivity index (χ4v) is 2.32. The number of carbonyl (C=O) groups excluding carboxylic acids is 1. The van der Waals surface area contributed by atoms with Gasteiger partial charge in [-0.2, -0.15) is 5.26 Å². The highest BCUT2D eigenvalue weighted by Gasteiger charge is 2.30. The molecular weight excluding hydrogens is 246 g/mol. The van der Waals surface area contributed by atoms with E-state index in [1.807, 2.05) is 13.8 Å². The topological polar surface area (TPSA) is 50.1 Å². The van der Waals surface area contributed by atoms with Crippen molar-refractivity contribution >= 4 is 17.7 Å². The number of thioether (sulfide) groups is 1. The maximum atomic E-state index is 11.1. The fourth-order valence-electron chi connectivity index (χ4n) is 1.36. The molecule has 0 saturated heterocycles. The molecule has 0 amide bonds. The Morgan fingerprint density at radius 2 is 2.17 bits per heavy atom. The van der Waals surface area contributed by atoms with Crippen LogP contribution in [0.1, 0.15) is 40.5 Å². The number of ether oxygens (including phenoxy) is 1. The van der Waals surface area contributed by atoms with E-state index in [0.717, 1.165) is 12.8 Å². The standard InChI is InChI=1S/C14H23NO2S/c1-6-11(2)7-8-12(9-15)14(3,4)18-10-13(16)17-5/h7,12H,6,8,10H2,1-5H3. The zero-order valence-corrected chi connectivity index (χ0v) is 12.8. The first-order valence-corrected chi connectivity index (χ1v) is 7.12. The molecule has 0 fully saturated rings. The van der Waals surface area contributed by atoms with Gasteiger partial charge in [-0.25, -0.2) is 0 Å². The minimum Gasteiger partial charge on any atom is -0.468 e. The van der Waals surface area contributed by atoms with Gasteiger partial charge in [-0.1, -0.05) is 18.6 Å². The van der Waals surface area contributed by atoms with Crippen molar-refractivity contribution in [3.8, 4) is 6.07 Å². The van der Waals surface area contributed by atoms with Gasteiger partial charge in [-0.3, -0.25) is 4.79 Å². The van der Waals surface area contributed by atoms with Crippen LogP contribution < -0.4 is 0 Å². The third kappa shape index (κ3) is 6.11. The van der Waals surface area contributed by atoms with Gasteiger partial charge in [0.2, 0.25) is 0 Å². The first kappa shape index (κ1) is 17.1. The number of esters is 1. The van der Waals surface area contributed by atoms with Crippen LogP contribution in [0.25, 0.3) is 0 Å². The van der Waals surface area contributed by atoms with Crippen molar-refractivity contribution in [2.75, 3.05) is 12.9 Å². The van der Waals surface area contributed by atoms with Crippen molar-refractivity contribution in [3.63, 3.8) is 0 Å². The van der Waals surface area contributed by atoms with Gasteiger partial charge in [0.05, 0.1) is 24.8 Å². The summed E-state index contributed by atoms with van der Waals surface area (Å²) in [6, 6.07) is 2.35. The minimum absolute atomic E-state index is 0.103. The van der Waals surface area contributed by atoms with Gasteiger partial charge in [-0.05, 0) is 33.6 Å². The molecule has 18 heavy (non-hydrogen) atoms. The first-order valence-electron chi connectivity index (χ1n) is 6.13. The molecule has 0 spiro atoms. The van der Waals surface area contributed by atoms with Crippen LogP contribution in [0, 0.1) is 17.2 Å². The second-order valence-corrected chi connectivity index (χ2v) is 6.42. The van der Waals surface area contributed by atoms with Crippen LogP contribution in [0.2, 0.25) is 0 Å². The highest BCUT2D eigenvalue weighted by Crippen LogP contribution is 2.34. The van der Waals surface area contributed by atoms with Crippen LogP contribution in [-0.2, 0) is 9.53 Å². The zero-order chi connectivity index (χ0) is 14.2. The molecule has 0 radical (unpaired) electrons. The van der Waals surface area contributed by atoms with E-state index in [1.165, 1.54) is 24.4 Å². The molecule has 0 saturated carbocycles. The van der Waals surface area contributed by atoms with Gasteiger partial charge in [0.1, 0.15) is 0 Å². The fraction of sp³-hybridized carbons (Fsp3) is 0.714. The quantitative estimate of drug-likeness (QED) is 0.524. The van der Waals surface area contributed by atoms with Crippen LogP contribution >= 0.6 is 11.8 Å². The molecule has 0 aromatic rings. The Bertz CT molecular complexity index is 342. The Morgan fingerprint density at radius 1 is 1.56 bits per heavy atom. The summed E-state index contributed by atoms with van der Waals surface area (Å²) in [4.78, 5) is 11.1. The van der Waals surface area contributed by atoms with Gasteiger partial charge in [0.25, 0.3) is 0 Å². The van der Waals surface area contributed by atoms with E-state index < -0.39 is 0 Å². The molecule has 0 aromatic carbocycles. The Labute approximate surface area is 115 Å². The molecule has 0 heterocycles. The molecule has 1 atom stereocenters. The zero-order valence-electron chi connectivity index (χ0n) is 11.9. The van der Waals surface area contributed by atoms with Crippen LogP contribution in [0.15, 0.2) is 11.6 Å². The van der Waals surface area contributed by atoms with Gasteiger partial charge in [-0.15, -0.1) is 11.8 Å². The van der Waals surface area contributed by atoms with Gasteiger partial charge in [0.15, 0.2) is 0 Å². The summed E-state index contributed by atoms with van der Waals surface area (Å²) >= 11 is 1.48. The Hall–Kier alpha value is -0.950. The summed E-state index contributed by atoms with van der Waals surface area (Å²) in [5.74, 6) is -0.0586. The summed E-state index contributed by atoms with van der Waals surface area (Å²) < 4.78 is 4.36. The van der Waals surface area contributed by atoms with Crippen molar-refractivity contribution in [2.45, 2.75) is 45.3 Å². The predicted octanol–water partition coefficient (Wildman–Crippen LogP) is 3.56. The van der Waals surface area contributed by atoms with Crippen LogP contribution in [0.4, 0.5) is 0 Å². The van der Waals surface area contributed by atoms with Crippen molar-refractivity contribution in [2.24, 2.45) is 5.92 Å². The van der Waals surface area contributed by atoms with Crippen molar-refractivity contribution in [3.05, 3.63) is 11.6 Å². The van der Waals surface area contributed by atoms with E-state index in [-0.39, 0.29) is 22.4 Å². The largest absolute Gasteiger partial charge is 0.468 e. The smallest absolute Gasteiger partial charge is 0.315 e. The summed E-state index contributed by atoms with van der Waals surface area (Å²) in [6.07, 6.45) is 3.86. The number of nitrogens with zero attached hydrogens (tertiary/aromatic N) is 1. The lowest BCUT2D eigenvalue weighted by molar-refractivity contribution is -0.137. The van der Waals surface area contributed by atoms with Gasteiger partial charge in [0, 0.05) is 4.75 Å². The SMILES string of the molecule is CCC(C)=CCC(C#N)C(C)(C)SCC(=O)OC. The normalized spacial score (nSPS) is 13.9. The molecule has 1 unspecified atom stereocenters. The molecule has 4 heteroatoms. The van der Waals surface area contributed by atoms with E-state index in [1.54, 1.807) is 0 Å². The Kier molecular flexibility index (Phi) is 7.77. The van der Waals surface area contributed by atoms with Crippen LogP contribution in [0.3, 0.4) is 0 Å². The summed E-state index contributed by atoms with van der Waals surface area (Å²) in [5.41, 5.74) is 1.30. The van der Waals surface area contributed by atoms with Crippen LogP contribution in [0.5, 0.6) is 0 Å². The lowest BCUT2D eigenvalue weighted by Crippen LogP contribution is -2.28. The van der Waals surface area contributed by atoms with E-state index in [9.17, 15) is 10.1 Å². The average Bonchev–Trinajstić information content (AvgIpc) is 2.35. The van der Waals surface area contributed by atoms with Gasteiger partial charge >= 0.3 is 5.97 Å². The highest BCUT2D eigenvalue weighted by molar-refractivity contribution is 8.01. The molecule has 0 N–H and O–H groups in total. The Morgan fingerprint density at radius 3 is 2.61 bits per heavy atom. The molecule has 0 aliphatic rings. The van der Waals surface area contributed by atoms with Crippen molar-refractivity contribution in [1.29, 1.82) is 5.26 Å². The summed E-state index contributed by atoms with van der Waals surface area (Å²) in [5, 5.41) is 9.26. The van der Waals surface area contributed by atoms with E-state index in [2.05, 4.69) is 30.7 Å². The molecule has 0 aromatic heterocycles. The van der Waals surface area contributed by atoms with Crippen molar-refractivity contribution < 1.29 is 9.53 Å². The third-order valence-electron chi connectivity index (χ3n) is 3.04. The first-order chi connectivity index (χ1) is 8.37. The van der Waals surface area contributed by atoms with E-state index in [0.29, 0.717) is 0 Å². The Balaban J connectivity index is 4.53. The van der Waals surface area contributed by atoms with Crippen LogP contribution in [-0.4, -0.2) is 23.6 Å². The number of rotatable bonds is 7. The molecule has 0 aliphatic carbocycles. The molecule has 0 bridgehead atoms. The number of carbonyl (C=O) groups is 1. The average molecular weight is 269 g/mol. The van der Waals surface area contributed by atoms with E-state index in [4.69, 9.17) is 0 Å². The maximum Gasteiger partial charge on any atom is 0.315 e. The number of allylic oxidation sites excluding steroid dienone is 2. The molecular formula is C14H23NO2S. The molecule has 3 nitrogen and oxygen atoms in total. The molecule has 0 rings (SSSR count). The second-order valence-electron chi connectivity index (χ2n) is 4.79. The monoisotopic (exact) mass is 269 g/mol. The number of hydrogen-bond donors (Lipinski definition) is 0. The number of methoxy groups -OCH3 is 1. The summed E-state index contributed by atoms with van der Waals surface area (Å²) in [6.45, 7) is 8.18.